The van der Waals surface area contributed by atoms with Gasteiger partial charge in [0, 0.05) is 56.7 Å². The highest BCUT2D eigenvalue weighted by Crippen LogP contribution is 2.29. The number of hydrogen-bond acceptors (Lipinski definition) is 7. The summed E-state index contributed by atoms with van der Waals surface area (Å²) >= 11 is 6.11. The van der Waals surface area contributed by atoms with Crippen LogP contribution in [-0.2, 0) is 15.9 Å². The highest BCUT2D eigenvalue weighted by molar-refractivity contribution is 6.30. The predicted molar refractivity (Wildman–Crippen MR) is 158 cm³/mol. The SMILES string of the molecule is COCCOC(=O)N1CCN(c2cc(C)c3nc(-c4c(NCCc5cccc(Cl)c5)cc[nH]c4=O)[nH]c3c2)CC1. The maximum absolute atomic E-state index is 12.9. The van der Waals surface area contributed by atoms with Gasteiger partial charge in [0.2, 0.25) is 0 Å². The van der Waals surface area contributed by atoms with Gasteiger partial charge >= 0.3 is 6.09 Å². The Kier molecular flexibility index (Phi) is 8.57. The van der Waals surface area contributed by atoms with Gasteiger partial charge in [-0.3, -0.25) is 4.79 Å². The first-order chi connectivity index (χ1) is 19.4. The monoisotopic (exact) mass is 564 g/mol. The predicted octanol–water partition coefficient (Wildman–Crippen LogP) is 4.44. The van der Waals surface area contributed by atoms with E-state index in [4.69, 9.17) is 26.1 Å². The molecule has 0 saturated carbocycles. The fourth-order valence-corrected chi connectivity index (χ4v) is 5.13. The quantitative estimate of drug-likeness (QED) is 0.257. The normalized spacial score (nSPS) is 13.6. The van der Waals surface area contributed by atoms with Crippen LogP contribution in [0.25, 0.3) is 22.4 Å². The van der Waals surface area contributed by atoms with Crippen molar-refractivity contribution < 1.29 is 14.3 Å². The first-order valence-corrected chi connectivity index (χ1v) is 13.7. The molecule has 0 aliphatic carbocycles. The van der Waals surface area contributed by atoms with Crippen LogP contribution in [0.4, 0.5) is 16.2 Å². The Bertz CT molecular complexity index is 1540. The number of nitrogens with zero attached hydrogens (tertiary/aromatic N) is 3. The van der Waals surface area contributed by atoms with Crippen molar-refractivity contribution in [1.82, 2.24) is 19.9 Å². The van der Waals surface area contributed by atoms with Crippen molar-refractivity contribution in [2.24, 2.45) is 0 Å². The first-order valence-electron chi connectivity index (χ1n) is 13.3. The van der Waals surface area contributed by atoms with Gasteiger partial charge in [-0.2, -0.15) is 0 Å². The molecule has 3 N–H and O–H groups in total. The molecule has 1 amide bonds. The number of nitrogens with one attached hydrogen (secondary N) is 3. The first kappa shape index (κ1) is 27.5. The zero-order chi connectivity index (χ0) is 28.1. The van der Waals surface area contributed by atoms with Gasteiger partial charge in [0.25, 0.3) is 5.56 Å². The summed E-state index contributed by atoms with van der Waals surface area (Å²) in [5.74, 6) is 0.506. The molecular weight excluding hydrogens is 532 g/mol. The number of imidazole rings is 1. The summed E-state index contributed by atoms with van der Waals surface area (Å²) in [6.45, 7) is 5.78. The topological polar surface area (TPSA) is 116 Å². The van der Waals surface area contributed by atoms with E-state index in [1.807, 2.05) is 37.3 Å². The fraction of sp³-hybridized carbons (Fsp3) is 0.345. The molecule has 0 unspecified atom stereocenters. The minimum Gasteiger partial charge on any atom is -0.447 e. The summed E-state index contributed by atoms with van der Waals surface area (Å²) in [6, 6.07) is 13.7. The van der Waals surface area contributed by atoms with Gasteiger partial charge in [-0.1, -0.05) is 23.7 Å². The molecule has 40 heavy (non-hydrogen) atoms. The van der Waals surface area contributed by atoms with Crippen LogP contribution in [0.3, 0.4) is 0 Å². The summed E-state index contributed by atoms with van der Waals surface area (Å²) in [5.41, 5.74) is 5.75. The number of rotatable bonds is 9. The molecule has 1 aliphatic heterocycles. The number of aromatic nitrogens is 3. The number of hydrogen-bond donors (Lipinski definition) is 3. The Labute approximate surface area is 237 Å². The van der Waals surface area contributed by atoms with Crippen molar-refractivity contribution in [2.45, 2.75) is 13.3 Å². The number of benzene rings is 2. The molecule has 0 spiro atoms. The molecule has 1 fully saturated rings. The van der Waals surface area contributed by atoms with E-state index in [0.717, 1.165) is 34.3 Å². The number of halogens is 1. The van der Waals surface area contributed by atoms with Crippen molar-refractivity contribution in [1.29, 1.82) is 0 Å². The third-order valence-electron chi connectivity index (χ3n) is 6.99. The highest BCUT2D eigenvalue weighted by atomic mass is 35.5. The average molecular weight is 565 g/mol. The number of fused-ring (bicyclic) bond motifs is 1. The number of H-pyrrole nitrogens is 2. The molecule has 0 atom stereocenters. The number of aromatic amines is 2. The third-order valence-corrected chi connectivity index (χ3v) is 7.23. The molecule has 4 aromatic rings. The Morgan fingerprint density at radius 2 is 1.95 bits per heavy atom. The minimum atomic E-state index is -0.313. The van der Waals surface area contributed by atoms with E-state index in [0.29, 0.717) is 61.4 Å². The number of piperazine rings is 1. The Morgan fingerprint density at radius 3 is 2.73 bits per heavy atom. The van der Waals surface area contributed by atoms with Gasteiger partial charge in [-0.25, -0.2) is 9.78 Å². The summed E-state index contributed by atoms with van der Waals surface area (Å²) < 4.78 is 10.2. The molecule has 11 heteroatoms. The molecule has 1 aliphatic rings. The van der Waals surface area contributed by atoms with Crippen LogP contribution in [0.15, 0.2) is 53.5 Å². The van der Waals surface area contributed by atoms with Crippen molar-refractivity contribution in [3.63, 3.8) is 0 Å². The maximum Gasteiger partial charge on any atom is 0.409 e. The van der Waals surface area contributed by atoms with E-state index in [1.165, 1.54) is 0 Å². The molecule has 3 heterocycles. The van der Waals surface area contributed by atoms with E-state index < -0.39 is 0 Å². The van der Waals surface area contributed by atoms with Gasteiger partial charge in [0.1, 0.15) is 18.0 Å². The number of ether oxygens (including phenoxy) is 2. The number of anilines is 2. The summed E-state index contributed by atoms with van der Waals surface area (Å²) in [4.78, 5) is 40.1. The van der Waals surface area contributed by atoms with Crippen molar-refractivity contribution in [2.75, 3.05) is 63.3 Å². The minimum absolute atomic E-state index is 0.224. The van der Waals surface area contributed by atoms with Crippen LogP contribution in [0.5, 0.6) is 0 Å². The fourth-order valence-electron chi connectivity index (χ4n) is 4.92. The lowest BCUT2D eigenvalue weighted by Crippen LogP contribution is -2.49. The Hall–Kier alpha value is -4.02. The van der Waals surface area contributed by atoms with Gasteiger partial charge in [0.15, 0.2) is 0 Å². The van der Waals surface area contributed by atoms with E-state index >= 15 is 0 Å². The lowest BCUT2D eigenvalue weighted by molar-refractivity contribution is 0.0705. The van der Waals surface area contributed by atoms with Crippen LogP contribution in [0.2, 0.25) is 5.02 Å². The van der Waals surface area contributed by atoms with Crippen LogP contribution >= 0.6 is 11.6 Å². The number of amides is 1. The van der Waals surface area contributed by atoms with Crippen molar-refractivity contribution in [3.05, 3.63) is 75.2 Å². The smallest absolute Gasteiger partial charge is 0.409 e. The second-order valence-corrected chi connectivity index (χ2v) is 10.2. The number of methoxy groups -OCH3 is 1. The molecular formula is C29H33ClN6O4. The highest BCUT2D eigenvalue weighted by Gasteiger charge is 2.23. The average Bonchev–Trinajstić information content (AvgIpc) is 3.38. The van der Waals surface area contributed by atoms with E-state index in [9.17, 15) is 9.59 Å². The largest absolute Gasteiger partial charge is 0.447 e. The molecule has 0 bridgehead atoms. The Balaban J connectivity index is 1.31. The van der Waals surface area contributed by atoms with E-state index in [2.05, 4.69) is 32.3 Å². The second kappa shape index (κ2) is 12.4. The molecule has 10 nitrogen and oxygen atoms in total. The standard InChI is InChI=1S/C29H33ClN6O4/c1-19-16-22(35-10-12-36(13-11-35)29(38)40-15-14-39-2)18-24-26(19)34-27(33-24)25-23(7-9-32-28(25)37)31-8-6-20-4-3-5-21(30)17-20/h3-5,7,9,16-18H,6,8,10-15H2,1-2H3,(H,33,34)(H2,31,32,37). The summed E-state index contributed by atoms with van der Waals surface area (Å²) in [7, 11) is 1.58. The number of carbonyl (C=O) groups is 1. The van der Waals surface area contributed by atoms with Crippen LogP contribution < -0.4 is 15.8 Å². The van der Waals surface area contributed by atoms with Crippen LogP contribution in [0.1, 0.15) is 11.1 Å². The van der Waals surface area contributed by atoms with Gasteiger partial charge < -0.3 is 34.6 Å². The zero-order valence-corrected chi connectivity index (χ0v) is 23.4. The maximum atomic E-state index is 12.9. The second-order valence-electron chi connectivity index (χ2n) is 9.73. The van der Waals surface area contributed by atoms with Gasteiger partial charge in [-0.15, -0.1) is 0 Å². The summed E-state index contributed by atoms with van der Waals surface area (Å²) in [6.07, 6.45) is 2.08. The molecule has 2 aromatic heterocycles. The van der Waals surface area contributed by atoms with Crippen LogP contribution in [-0.4, -0.2) is 79.0 Å². The van der Waals surface area contributed by atoms with Crippen molar-refractivity contribution >= 4 is 40.1 Å². The van der Waals surface area contributed by atoms with Crippen molar-refractivity contribution in [3.8, 4) is 11.4 Å². The lowest BCUT2D eigenvalue weighted by Gasteiger charge is -2.35. The van der Waals surface area contributed by atoms with Gasteiger partial charge in [-0.05, 0) is 54.8 Å². The lowest BCUT2D eigenvalue weighted by atomic mass is 10.1. The molecule has 1 saturated heterocycles. The molecule has 2 aromatic carbocycles. The zero-order valence-electron chi connectivity index (χ0n) is 22.6. The number of pyridine rings is 1. The van der Waals surface area contributed by atoms with Crippen LogP contribution in [0, 0.1) is 6.92 Å². The van der Waals surface area contributed by atoms with Gasteiger partial charge in [0.05, 0.1) is 23.3 Å². The molecule has 210 valence electrons. The summed E-state index contributed by atoms with van der Waals surface area (Å²) in [5, 5.41) is 4.09. The third kappa shape index (κ3) is 6.24. The number of aryl methyl sites for hydroxylation is 1. The molecule has 5 rings (SSSR count). The number of carbonyl (C=O) groups excluding carboxylic acids is 1. The van der Waals surface area contributed by atoms with E-state index in [-0.39, 0.29) is 18.3 Å². The van der Waals surface area contributed by atoms with E-state index in [1.54, 1.807) is 18.2 Å². The molecule has 0 radical (unpaired) electrons. The Morgan fingerprint density at radius 1 is 1.12 bits per heavy atom.